The van der Waals surface area contributed by atoms with Crippen molar-refractivity contribution >= 4 is 49.4 Å². The zero-order valence-electron chi connectivity index (χ0n) is 26.6. The number of benzene rings is 7. The van der Waals surface area contributed by atoms with Gasteiger partial charge in [-0.25, -0.2) is 0 Å². The van der Waals surface area contributed by atoms with Crippen LogP contribution in [0, 0.1) is 0 Å². The number of allylic oxidation sites excluding steroid dienone is 1. The number of hydrogen-bond acceptors (Lipinski definition) is 1. The highest BCUT2D eigenvalue weighted by Gasteiger charge is 2.17. The van der Waals surface area contributed by atoms with Crippen LogP contribution in [-0.2, 0) is 0 Å². The molecule has 0 N–H and O–H groups in total. The van der Waals surface area contributed by atoms with Gasteiger partial charge in [-0.05, 0) is 92.7 Å². The fourth-order valence-corrected chi connectivity index (χ4v) is 7.48. The molecule has 0 aliphatic heterocycles. The second kappa shape index (κ2) is 11.5. The molecule has 0 unspecified atom stereocenters. The Balaban J connectivity index is 1.19. The molecule has 48 heavy (non-hydrogen) atoms. The van der Waals surface area contributed by atoms with E-state index in [4.69, 9.17) is 4.98 Å². The number of nitrogens with zero attached hydrogens (tertiary/aromatic N) is 2. The Kier molecular flexibility index (Phi) is 6.72. The molecule has 0 radical (unpaired) electrons. The predicted octanol–water partition coefficient (Wildman–Crippen LogP) is 12.5. The molecule has 7 aromatic carbocycles. The molecule has 0 spiro atoms. The van der Waals surface area contributed by atoms with Crippen LogP contribution in [0.2, 0.25) is 0 Å². The summed E-state index contributed by atoms with van der Waals surface area (Å²) in [6, 6.07) is 54.9. The first-order valence-corrected chi connectivity index (χ1v) is 16.5. The molecule has 0 saturated carbocycles. The predicted molar refractivity (Wildman–Crippen MR) is 205 cm³/mol. The van der Waals surface area contributed by atoms with Gasteiger partial charge < -0.3 is 4.57 Å². The molecule has 226 valence electrons. The minimum atomic E-state index is 1.09. The van der Waals surface area contributed by atoms with Crippen molar-refractivity contribution in [3.05, 3.63) is 176 Å². The van der Waals surface area contributed by atoms with E-state index in [2.05, 4.69) is 175 Å². The van der Waals surface area contributed by atoms with E-state index in [1.54, 1.807) is 0 Å². The first kappa shape index (κ1) is 28.0. The van der Waals surface area contributed by atoms with Crippen molar-refractivity contribution in [2.24, 2.45) is 0 Å². The molecule has 0 atom stereocenters. The lowest BCUT2D eigenvalue weighted by molar-refractivity contribution is 1.18. The molecule has 0 amide bonds. The van der Waals surface area contributed by atoms with Gasteiger partial charge in [-0.1, -0.05) is 127 Å². The zero-order chi connectivity index (χ0) is 32.0. The number of rotatable bonds is 5. The maximum absolute atomic E-state index is 4.81. The third-order valence-corrected chi connectivity index (χ3v) is 9.53. The first-order chi connectivity index (χ1) is 23.8. The maximum atomic E-state index is 4.81. The van der Waals surface area contributed by atoms with E-state index in [9.17, 15) is 0 Å². The maximum Gasteiger partial charge on any atom is 0.0541 e. The molecule has 9 aromatic rings. The monoisotopic (exact) mass is 612 g/mol. The number of aromatic nitrogens is 2. The molecule has 0 fully saturated rings. The molecule has 0 saturated heterocycles. The standard InChI is InChI=1S/C46H32N2/c1-2-12-31-13-11-14-33(27-31)45-39-17-3-5-19-41(39)46(42-20-6-4-18-40(42)45)35-28-34(29-47-30-35)32-23-25-36(26-24-32)48-43-21-9-7-15-37(43)38-16-8-10-22-44(38)48/h2-30H,1H3/b12-2-. The van der Waals surface area contributed by atoms with E-state index in [0.29, 0.717) is 0 Å². The van der Waals surface area contributed by atoms with Crippen molar-refractivity contribution in [3.63, 3.8) is 0 Å². The van der Waals surface area contributed by atoms with Crippen LogP contribution in [0.5, 0.6) is 0 Å². The molecular formula is C46H32N2. The van der Waals surface area contributed by atoms with Crippen LogP contribution in [0.3, 0.4) is 0 Å². The minimum absolute atomic E-state index is 1.09. The van der Waals surface area contributed by atoms with Gasteiger partial charge in [-0.3, -0.25) is 4.98 Å². The molecule has 2 heteroatoms. The highest BCUT2D eigenvalue weighted by molar-refractivity contribution is 6.21. The lowest BCUT2D eigenvalue weighted by atomic mass is 9.85. The van der Waals surface area contributed by atoms with E-state index in [0.717, 1.165) is 22.4 Å². The fourth-order valence-electron chi connectivity index (χ4n) is 7.48. The van der Waals surface area contributed by atoms with Gasteiger partial charge in [0.1, 0.15) is 0 Å². The van der Waals surface area contributed by atoms with Gasteiger partial charge >= 0.3 is 0 Å². The summed E-state index contributed by atoms with van der Waals surface area (Å²) < 4.78 is 2.36. The van der Waals surface area contributed by atoms with Crippen molar-refractivity contribution in [2.45, 2.75) is 6.92 Å². The Hall–Kier alpha value is -6.25. The molecule has 0 aliphatic rings. The lowest BCUT2D eigenvalue weighted by Gasteiger charge is -2.18. The van der Waals surface area contributed by atoms with Crippen LogP contribution in [0.4, 0.5) is 0 Å². The summed E-state index contributed by atoms with van der Waals surface area (Å²) in [5.74, 6) is 0. The lowest BCUT2D eigenvalue weighted by Crippen LogP contribution is -1.94. The van der Waals surface area contributed by atoms with Crippen LogP contribution in [0.1, 0.15) is 12.5 Å². The second-order valence-corrected chi connectivity index (χ2v) is 12.3. The highest BCUT2D eigenvalue weighted by atomic mass is 15.0. The quantitative estimate of drug-likeness (QED) is 0.177. The highest BCUT2D eigenvalue weighted by Crippen LogP contribution is 2.44. The summed E-state index contributed by atoms with van der Waals surface area (Å²) in [6.45, 7) is 2.06. The van der Waals surface area contributed by atoms with E-state index in [-0.39, 0.29) is 0 Å². The number of hydrogen-bond donors (Lipinski definition) is 0. The Labute approximate surface area is 279 Å². The summed E-state index contributed by atoms with van der Waals surface area (Å²) in [5.41, 5.74) is 11.8. The fraction of sp³-hybridized carbons (Fsp3) is 0.0217. The van der Waals surface area contributed by atoms with Crippen LogP contribution in [0.15, 0.2) is 170 Å². The average molecular weight is 613 g/mol. The summed E-state index contributed by atoms with van der Waals surface area (Å²) in [5, 5.41) is 7.47. The Morgan fingerprint density at radius 2 is 0.958 bits per heavy atom. The van der Waals surface area contributed by atoms with E-state index < -0.39 is 0 Å². The largest absolute Gasteiger partial charge is 0.309 e. The third kappa shape index (κ3) is 4.53. The van der Waals surface area contributed by atoms with Crippen molar-refractivity contribution in [3.8, 4) is 39.1 Å². The Morgan fingerprint density at radius 1 is 0.438 bits per heavy atom. The number of fused-ring (bicyclic) bond motifs is 5. The summed E-state index contributed by atoms with van der Waals surface area (Å²) in [7, 11) is 0. The Morgan fingerprint density at radius 3 is 1.54 bits per heavy atom. The van der Waals surface area contributed by atoms with Crippen molar-refractivity contribution < 1.29 is 0 Å². The first-order valence-electron chi connectivity index (χ1n) is 16.5. The van der Waals surface area contributed by atoms with Gasteiger partial charge in [0.25, 0.3) is 0 Å². The SMILES string of the molecule is C/C=C\c1cccc(-c2c3ccccc3c(-c3cncc(-c4ccc(-n5c6ccccc6c6ccccc65)cc4)c3)c3ccccc23)c1. The van der Waals surface area contributed by atoms with E-state index in [1.165, 1.54) is 65.6 Å². The summed E-state index contributed by atoms with van der Waals surface area (Å²) >= 11 is 0. The van der Waals surface area contributed by atoms with Gasteiger partial charge in [-0.2, -0.15) is 0 Å². The second-order valence-electron chi connectivity index (χ2n) is 12.3. The topological polar surface area (TPSA) is 17.8 Å². The summed E-state index contributed by atoms with van der Waals surface area (Å²) in [6.07, 6.45) is 8.24. The number of pyridine rings is 1. The van der Waals surface area contributed by atoms with E-state index >= 15 is 0 Å². The van der Waals surface area contributed by atoms with Crippen LogP contribution < -0.4 is 0 Å². The van der Waals surface area contributed by atoms with E-state index in [1.807, 2.05) is 12.4 Å². The van der Waals surface area contributed by atoms with Gasteiger partial charge in [0.15, 0.2) is 0 Å². The summed E-state index contributed by atoms with van der Waals surface area (Å²) in [4.78, 5) is 4.81. The average Bonchev–Trinajstić information content (AvgIpc) is 3.48. The van der Waals surface area contributed by atoms with Crippen molar-refractivity contribution in [1.29, 1.82) is 0 Å². The Bertz CT molecular complexity index is 2560. The number of para-hydroxylation sites is 2. The van der Waals surface area contributed by atoms with Gasteiger partial charge in [0.05, 0.1) is 11.0 Å². The molecule has 9 rings (SSSR count). The molecular weight excluding hydrogens is 581 g/mol. The molecule has 0 bridgehead atoms. The van der Waals surface area contributed by atoms with Crippen molar-refractivity contribution in [2.75, 3.05) is 0 Å². The van der Waals surface area contributed by atoms with Gasteiger partial charge in [0, 0.05) is 40.0 Å². The molecule has 2 heterocycles. The molecule has 2 nitrogen and oxygen atoms in total. The molecule has 0 aliphatic carbocycles. The zero-order valence-corrected chi connectivity index (χ0v) is 26.6. The minimum Gasteiger partial charge on any atom is -0.309 e. The normalized spacial score (nSPS) is 11.8. The van der Waals surface area contributed by atoms with Crippen molar-refractivity contribution in [1.82, 2.24) is 9.55 Å². The molecule has 2 aromatic heterocycles. The van der Waals surface area contributed by atoms with Gasteiger partial charge in [-0.15, -0.1) is 0 Å². The third-order valence-electron chi connectivity index (χ3n) is 9.53. The van der Waals surface area contributed by atoms with Crippen LogP contribution in [0.25, 0.3) is 88.5 Å². The smallest absolute Gasteiger partial charge is 0.0541 e. The van der Waals surface area contributed by atoms with Gasteiger partial charge in [0.2, 0.25) is 0 Å². The van der Waals surface area contributed by atoms with Crippen LogP contribution >= 0.6 is 0 Å². The van der Waals surface area contributed by atoms with Crippen LogP contribution in [-0.4, -0.2) is 9.55 Å².